The molecule has 1 aliphatic rings. The number of aliphatic hydroxyl groups excluding tert-OH is 1. The van der Waals surface area contributed by atoms with Crippen LogP contribution in [0.5, 0.6) is 5.75 Å². The van der Waals surface area contributed by atoms with Crippen molar-refractivity contribution in [3.8, 4) is 5.75 Å². The molecule has 0 saturated heterocycles. The number of phenols is 1. The molecule has 0 radical (unpaired) electrons. The molecule has 2 heteroatoms. The molecule has 2 N–H and O–H groups in total. The molecule has 0 spiro atoms. The maximum absolute atomic E-state index is 9.69. The van der Waals surface area contributed by atoms with Crippen LogP contribution in [0, 0.1) is 0 Å². The lowest BCUT2D eigenvalue weighted by Gasteiger charge is -2.09. The highest BCUT2D eigenvalue weighted by Crippen LogP contribution is 2.35. The zero-order valence-corrected chi connectivity index (χ0v) is 10.2. The number of allylic oxidation sites excluding steroid dienone is 1. The van der Waals surface area contributed by atoms with Crippen LogP contribution >= 0.6 is 0 Å². The first-order valence-electron chi connectivity index (χ1n) is 6.29. The van der Waals surface area contributed by atoms with E-state index < -0.39 is 0 Å². The number of aliphatic hydroxyl groups is 1. The highest BCUT2D eigenvalue weighted by molar-refractivity contribution is 6.09. The average Bonchev–Trinajstić information content (AvgIpc) is 2.78. The fraction of sp³-hybridized carbons (Fsp3) is 0.0588. The van der Waals surface area contributed by atoms with Crippen LogP contribution in [0.3, 0.4) is 0 Å². The summed E-state index contributed by atoms with van der Waals surface area (Å²) in [6, 6.07) is 13.7. The Morgan fingerprint density at radius 3 is 2.47 bits per heavy atom. The number of phenolic OH excluding ortho intramolecular Hbond substituents is 1. The number of fused-ring (bicyclic) bond motifs is 5. The van der Waals surface area contributed by atoms with Gasteiger partial charge in [-0.15, -0.1) is 0 Å². The third kappa shape index (κ3) is 1.43. The van der Waals surface area contributed by atoms with E-state index in [0.29, 0.717) is 12.2 Å². The van der Waals surface area contributed by atoms with Crippen molar-refractivity contribution in [2.45, 2.75) is 6.42 Å². The quantitative estimate of drug-likeness (QED) is 0.586. The second kappa shape index (κ2) is 3.51. The molecule has 92 valence electrons. The van der Waals surface area contributed by atoms with E-state index in [1.54, 1.807) is 12.1 Å². The minimum Gasteiger partial charge on any atom is -0.512 e. The molecule has 0 aliphatic heterocycles. The largest absolute Gasteiger partial charge is 0.512 e. The van der Waals surface area contributed by atoms with Gasteiger partial charge in [-0.05, 0) is 50.9 Å². The molecule has 0 bridgehead atoms. The number of hydrogen-bond acceptors (Lipinski definition) is 2. The zero-order valence-electron chi connectivity index (χ0n) is 10.2. The molecule has 19 heavy (non-hydrogen) atoms. The number of aromatic hydroxyl groups is 1. The third-order valence-electron chi connectivity index (χ3n) is 3.83. The van der Waals surface area contributed by atoms with E-state index in [9.17, 15) is 10.2 Å². The first-order valence-corrected chi connectivity index (χ1v) is 6.29. The Bertz CT molecular complexity index is 860. The van der Waals surface area contributed by atoms with Crippen LogP contribution in [-0.2, 0) is 6.42 Å². The van der Waals surface area contributed by atoms with Crippen molar-refractivity contribution in [3.63, 3.8) is 0 Å². The first kappa shape index (κ1) is 10.4. The first-order chi connectivity index (χ1) is 9.22. The van der Waals surface area contributed by atoms with Gasteiger partial charge >= 0.3 is 0 Å². The fourth-order valence-corrected chi connectivity index (χ4v) is 2.96. The Morgan fingerprint density at radius 1 is 0.789 bits per heavy atom. The molecule has 0 heterocycles. The molecule has 1 aliphatic carbocycles. The molecule has 3 aromatic rings. The number of rotatable bonds is 0. The van der Waals surface area contributed by atoms with E-state index in [1.807, 2.05) is 24.3 Å². The van der Waals surface area contributed by atoms with Gasteiger partial charge < -0.3 is 10.2 Å². The molecule has 0 saturated carbocycles. The molecule has 0 aromatic heterocycles. The van der Waals surface area contributed by atoms with Crippen LogP contribution in [-0.4, -0.2) is 10.2 Å². The highest BCUT2D eigenvalue weighted by atomic mass is 16.3. The molecule has 0 atom stereocenters. The molecule has 0 unspecified atom stereocenters. The van der Waals surface area contributed by atoms with Crippen molar-refractivity contribution in [2.24, 2.45) is 0 Å². The molecule has 4 rings (SSSR count). The summed E-state index contributed by atoms with van der Waals surface area (Å²) in [6.45, 7) is 0. The Morgan fingerprint density at radius 2 is 1.58 bits per heavy atom. The minimum atomic E-state index is 0.285. The predicted octanol–water partition coefficient (Wildman–Crippen LogP) is 4.15. The van der Waals surface area contributed by atoms with Crippen molar-refractivity contribution in [2.75, 3.05) is 0 Å². The maximum atomic E-state index is 9.69. The molecule has 0 fully saturated rings. The van der Waals surface area contributed by atoms with Crippen molar-refractivity contribution in [1.29, 1.82) is 0 Å². The van der Waals surface area contributed by atoms with Crippen LogP contribution in [0.15, 0.2) is 48.2 Å². The highest BCUT2D eigenvalue weighted by Gasteiger charge is 2.15. The van der Waals surface area contributed by atoms with Crippen molar-refractivity contribution in [3.05, 3.63) is 59.4 Å². The summed E-state index contributed by atoms with van der Waals surface area (Å²) in [5.74, 6) is 0.709. The van der Waals surface area contributed by atoms with Gasteiger partial charge in [0.2, 0.25) is 0 Å². The van der Waals surface area contributed by atoms with Gasteiger partial charge in [-0.1, -0.05) is 30.3 Å². The average molecular weight is 248 g/mol. The van der Waals surface area contributed by atoms with Crippen molar-refractivity contribution >= 4 is 27.6 Å². The Kier molecular flexibility index (Phi) is 1.93. The molecule has 0 amide bonds. The molecular weight excluding hydrogens is 236 g/mol. The van der Waals surface area contributed by atoms with Crippen molar-refractivity contribution in [1.82, 2.24) is 0 Å². The predicted molar refractivity (Wildman–Crippen MR) is 77.4 cm³/mol. The summed E-state index contributed by atoms with van der Waals surface area (Å²) in [6.07, 6.45) is 2.44. The summed E-state index contributed by atoms with van der Waals surface area (Å²) in [4.78, 5) is 0. The lowest BCUT2D eigenvalue weighted by atomic mass is 9.96. The smallest absolute Gasteiger partial charge is 0.116 e. The second-order valence-electron chi connectivity index (χ2n) is 5.01. The van der Waals surface area contributed by atoms with E-state index in [2.05, 4.69) is 12.1 Å². The van der Waals surface area contributed by atoms with Gasteiger partial charge in [-0.2, -0.15) is 0 Å². The van der Waals surface area contributed by atoms with Gasteiger partial charge in [-0.3, -0.25) is 0 Å². The SMILES string of the molecule is OC1=Cc2ccc3c(ccc4cc(O)ccc43)c2C1. The van der Waals surface area contributed by atoms with Gasteiger partial charge in [0, 0.05) is 6.42 Å². The second-order valence-corrected chi connectivity index (χ2v) is 5.01. The van der Waals surface area contributed by atoms with Crippen LogP contribution in [0.4, 0.5) is 0 Å². The summed E-state index contributed by atoms with van der Waals surface area (Å²) in [5, 5.41) is 23.7. The van der Waals surface area contributed by atoms with Crippen LogP contribution < -0.4 is 0 Å². The lowest BCUT2D eigenvalue weighted by molar-refractivity contribution is 0.408. The summed E-state index contributed by atoms with van der Waals surface area (Å²) in [7, 11) is 0. The monoisotopic (exact) mass is 248 g/mol. The van der Waals surface area contributed by atoms with Crippen LogP contribution in [0.25, 0.3) is 27.6 Å². The standard InChI is InChI=1S/C17H12O2/c18-12-3-6-14-10(7-12)1-5-16-15(14)4-2-11-8-13(19)9-17(11)16/h1-8,18-19H,9H2. The van der Waals surface area contributed by atoms with Crippen molar-refractivity contribution < 1.29 is 10.2 Å². The van der Waals surface area contributed by atoms with E-state index >= 15 is 0 Å². The topological polar surface area (TPSA) is 40.5 Å². The van der Waals surface area contributed by atoms with Gasteiger partial charge in [0.25, 0.3) is 0 Å². The number of benzene rings is 3. The van der Waals surface area contributed by atoms with E-state index in [-0.39, 0.29) is 5.75 Å². The summed E-state index contributed by atoms with van der Waals surface area (Å²) in [5.41, 5.74) is 2.29. The summed E-state index contributed by atoms with van der Waals surface area (Å²) < 4.78 is 0. The fourth-order valence-electron chi connectivity index (χ4n) is 2.96. The Hall–Kier alpha value is -2.48. The molecule has 2 nitrogen and oxygen atoms in total. The minimum absolute atomic E-state index is 0.285. The summed E-state index contributed by atoms with van der Waals surface area (Å²) >= 11 is 0. The molecule has 3 aromatic carbocycles. The van der Waals surface area contributed by atoms with Gasteiger partial charge in [0.05, 0.1) is 5.76 Å². The van der Waals surface area contributed by atoms with Gasteiger partial charge in [-0.25, -0.2) is 0 Å². The number of hydrogen-bond donors (Lipinski definition) is 2. The maximum Gasteiger partial charge on any atom is 0.116 e. The Balaban J connectivity index is 2.12. The van der Waals surface area contributed by atoms with Crippen LogP contribution in [0.1, 0.15) is 11.1 Å². The van der Waals surface area contributed by atoms with Crippen LogP contribution in [0.2, 0.25) is 0 Å². The van der Waals surface area contributed by atoms with E-state index in [0.717, 1.165) is 16.3 Å². The zero-order chi connectivity index (χ0) is 13.0. The lowest BCUT2D eigenvalue weighted by Crippen LogP contribution is -1.88. The Labute approximate surface area is 110 Å². The van der Waals surface area contributed by atoms with Gasteiger partial charge in [0.1, 0.15) is 5.75 Å². The van der Waals surface area contributed by atoms with E-state index in [1.165, 1.54) is 16.3 Å². The van der Waals surface area contributed by atoms with E-state index in [4.69, 9.17) is 0 Å². The molecular formula is C17H12O2. The third-order valence-corrected chi connectivity index (χ3v) is 3.83. The normalized spacial score (nSPS) is 13.8. The van der Waals surface area contributed by atoms with Gasteiger partial charge in [0.15, 0.2) is 0 Å².